The molecule has 0 aliphatic carbocycles. The van der Waals surface area contributed by atoms with Crippen molar-refractivity contribution >= 4 is 29.0 Å². The molecule has 29 heavy (non-hydrogen) atoms. The Morgan fingerprint density at radius 2 is 1.66 bits per heavy atom. The van der Waals surface area contributed by atoms with Gasteiger partial charge in [0.15, 0.2) is 0 Å². The summed E-state index contributed by atoms with van der Waals surface area (Å²) in [5.41, 5.74) is 1.23. The largest absolute Gasteiger partial charge is 0.439 e. The number of urea groups is 1. The molecule has 0 aliphatic rings. The SMILES string of the molecule is O=C(Nc1ccc(Oc2cc(-n3cccc3)ncn2)cc1)Nc1cccc(Cl)c1. The molecule has 0 saturated carbocycles. The van der Waals surface area contributed by atoms with Gasteiger partial charge in [0.25, 0.3) is 0 Å². The molecule has 2 aromatic carbocycles. The fourth-order valence-electron chi connectivity index (χ4n) is 2.60. The zero-order valence-electron chi connectivity index (χ0n) is 15.1. The fourth-order valence-corrected chi connectivity index (χ4v) is 2.79. The van der Waals surface area contributed by atoms with Crippen molar-refractivity contribution in [1.29, 1.82) is 0 Å². The molecule has 144 valence electrons. The number of halogens is 1. The highest BCUT2D eigenvalue weighted by Gasteiger charge is 2.06. The number of nitrogens with zero attached hydrogens (tertiary/aromatic N) is 3. The molecule has 4 rings (SSSR count). The summed E-state index contributed by atoms with van der Waals surface area (Å²) < 4.78 is 7.64. The van der Waals surface area contributed by atoms with E-state index in [-0.39, 0.29) is 6.03 Å². The van der Waals surface area contributed by atoms with Gasteiger partial charge in [0, 0.05) is 34.9 Å². The lowest BCUT2D eigenvalue weighted by atomic mass is 10.3. The van der Waals surface area contributed by atoms with Crippen LogP contribution in [0, 0.1) is 0 Å². The van der Waals surface area contributed by atoms with Gasteiger partial charge in [-0.2, -0.15) is 0 Å². The Hall–Kier alpha value is -3.84. The maximum atomic E-state index is 12.1. The molecule has 4 aromatic rings. The van der Waals surface area contributed by atoms with Gasteiger partial charge in [-0.05, 0) is 54.6 Å². The summed E-state index contributed by atoms with van der Waals surface area (Å²) in [6, 6.07) is 19.1. The van der Waals surface area contributed by atoms with Crippen LogP contribution >= 0.6 is 11.6 Å². The first kappa shape index (κ1) is 18.5. The van der Waals surface area contributed by atoms with Crippen LogP contribution in [0.1, 0.15) is 0 Å². The lowest BCUT2D eigenvalue weighted by Crippen LogP contribution is -2.19. The van der Waals surface area contributed by atoms with Gasteiger partial charge >= 0.3 is 6.03 Å². The molecule has 2 amide bonds. The van der Waals surface area contributed by atoms with Crippen molar-refractivity contribution < 1.29 is 9.53 Å². The summed E-state index contributed by atoms with van der Waals surface area (Å²) >= 11 is 5.92. The smallest absolute Gasteiger partial charge is 0.323 e. The minimum absolute atomic E-state index is 0.368. The molecule has 0 unspecified atom stereocenters. The second-order valence-corrected chi connectivity index (χ2v) is 6.46. The first-order valence-electron chi connectivity index (χ1n) is 8.73. The second-order valence-electron chi connectivity index (χ2n) is 6.02. The van der Waals surface area contributed by atoms with Crippen LogP contribution in [-0.2, 0) is 0 Å². The maximum Gasteiger partial charge on any atom is 0.323 e. The number of nitrogens with one attached hydrogen (secondary N) is 2. The summed E-state index contributed by atoms with van der Waals surface area (Å²) in [5.74, 6) is 1.71. The van der Waals surface area contributed by atoms with Crippen molar-refractivity contribution in [3.05, 3.63) is 90.5 Å². The van der Waals surface area contributed by atoms with Gasteiger partial charge in [-0.15, -0.1) is 0 Å². The molecule has 0 bridgehead atoms. The van der Waals surface area contributed by atoms with Gasteiger partial charge in [-0.25, -0.2) is 14.8 Å². The number of carbonyl (C=O) groups excluding carboxylic acids is 1. The number of hydrogen-bond acceptors (Lipinski definition) is 4. The van der Waals surface area contributed by atoms with Crippen LogP contribution < -0.4 is 15.4 Å². The van der Waals surface area contributed by atoms with Crippen molar-refractivity contribution in [2.24, 2.45) is 0 Å². The number of aromatic nitrogens is 3. The number of benzene rings is 2. The van der Waals surface area contributed by atoms with Crippen LogP contribution in [0.5, 0.6) is 11.6 Å². The number of rotatable bonds is 5. The average molecular weight is 406 g/mol. The Bertz CT molecular complexity index is 1110. The van der Waals surface area contributed by atoms with E-state index in [1.807, 2.05) is 29.1 Å². The normalized spacial score (nSPS) is 10.4. The van der Waals surface area contributed by atoms with E-state index in [0.717, 1.165) is 0 Å². The zero-order chi connectivity index (χ0) is 20.1. The van der Waals surface area contributed by atoms with Gasteiger partial charge in [-0.1, -0.05) is 17.7 Å². The van der Waals surface area contributed by atoms with Crippen LogP contribution in [0.25, 0.3) is 5.82 Å². The molecule has 7 nitrogen and oxygen atoms in total. The minimum Gasteiger partial charge on any atom is -0.439 e. The van der Waals surface area contributed by atoms with E-state index >= 15 is 0 Å². The Kier molecular flexibility index (Phi) is 5.40. The van der Waals surface area contributed by atoms with E-state index < -0.39 is 0 Å². The summed E-state index contributed by atoms with van der Waals surface area (Å²) in [4.78, 5) is 20.5. The Morgan fingerprint density at radius 1 is 0.897 bits per heavy atom. The van der Waals surface area contributed by atoms with E-state index in [1.54, 1.807) is 54.6 Å². The number of carbonyl (C=O) groups is 1. The molecule has 0 saturated heterocycles. The van der Waals surface area contributed by atoms with Crippen molar-refractivity contribution in [3.8, 4) is 17.4 Å². The molecule has 0 atom stereocenters. The predicted octanol–water partition coefficient (Wildman–Crippen LogP) is 5.36. The average Bonchev–Trinajstić information content (AvgIpc) is 3.25. The molecule has 0 spiro atoms. The summed E-state index contributed by atoms with van der Waals surface area (Å²) in [5, 5.41) is 6.02. The topological polar surface area (TPSA) is 81.1 Å². The van der Waals surface area contributed by atoms with Crippen LogP contribution in [0.3, 0.4) is 0 Å². The van der Waals surface area contributed by atoms with Gasteiger partial charge < -0.3 is 19.9 Å². The Labute approximate surface area is 172 Å². The summed E-state index contributed by atoms with van der Waals surface area (Å²) in [7, 11) is 0. The zero-order valence-corrected chi connectivity index (χ0v) is 15.9. The van der Waals surface area contributed by atoms with E-state index in [4.69, 9.17) is 16.3 Å². The van der Waals surface area contributed by atoms with Crippen molar-refractivity contribution in [2.75, 3.05) is 10.6 Å². The highest BCUT2D eigenvalue weighted by Crippen LogP contribution is 2.23. The van der Waals surface area contributed by atoms with Crippen LogP contribution in [0.2, 0.25) is 5.02 Å². The third kappa shape index (κ3) is 4.91. The molecule has 8 heteroatoms. The molecular weight excluding hydrogens is 390 g/mol. The number of ether oxygens (including phenoxy) is 1. The number of hydrogen-bond donors (Lipinski definition) is 2. The Morgan fingerprint density at radius 3 is 2.41 bits per heavy atom. The van der Waals surface area contributed by atoms with Crippen molar-refractivity contribution in [1.82, 2.24) is 14.5 Å². The highest BCUT2D eigenvalue weighted by atomic mass is 35.5. The highest BCUT2D eigenvalue weighted by molar-refractivity contribution is 6.30. The monoisotopic (exact) mass is 405 g/mol. The van der Waals surface area contributed by atoms with E-state index in [1.165, 1.54) is 6.33 Å². The quantitative estimate of drug-likeness (QED) is 0.468. The molecule has 0 radical (unpaired) electrons. The maximum absolute atomic E-state index is 12.1. The molecule has 2 N–H and O–H groups in total. The molecule has 2 aromatic heterocycles. The third-order valence-corrected chi connectivity index (χ3v) is 4.15. The van der Waals surface area contributed by atoms with Crippen LogP contribution in [0.4, 0.5) is 16.2 Å². The molecular formula is C21H16ClN5O2. The van der Waals surface area contributed by atoms with Crippen molar-refractivity contribution in [3.63, 3.8) is 0 Å². The van der Waals surface area contributed by atoms with E-state index in [2.05, 4.69) is 20.6 Å². The summed E-state index contributed by atoms with van der Waals surface area (Å²) in [6.45, 7) is 0. The van der Waals surface area contributed by atoms with Crippen LogP contribution in [-0.4, -0.2) is 20.6 Å². The minimum atomic E-state index is -0.368. The van der Waals surface area contributed by atoms with Gasteiger partial charge in [0.2, 0.25) is 5.88 Å². The molecule has 2 heterocycles. The van der Waals surface area contributed by atoms with Gasteiger partial charge in [0.1, 0.15) is 17.9 Å². The van der Waals surface area contributed by atoms with Gasteiger partial charge in [0.05, 0.1) is 0 Å². The van der Waals surface area contributed by atoms with Crippen LogP contribution in [0.15, 0.2) is 85.5 Å². The first-order valence-corrected chi connectivity index (χ1v) is 9.10. The van der Waals surface area contributed by atoms with Crippen molar-refractivity contribution in [2.45, 2.75) is 0 Å². The summed E-state index contributed by atoms with van der Waals surface area (Å²) in [6.07, 6.45) is 5.23. The number of amides is 2. The molecule has 0 fully saturated rings. The third-order valence-electron chi connectivity index (χ3n) is 3.91. The Balaban J connectivity index is 1.38. The molecule has 0 aliphatic heterocycles. The van der Waals surface area contributed by atoms with E-state index in [9.17, 15) is 4.79 Å². The standard InChI is InChI=1S/C21H16ClN5O2/c22-15-4-3-5-17(12-15)26-21(28)25-16-6-8-18(9-7-16)29-20-13-19(23-14-24-20)27-10-1-2-11-27/h1-14H,(H2,25,26,28). The van der Waals surface area contributed by atoms with Gasteiger partial charge in [-0.3, -0.25) is 0 Å². The first-order chi connectivity index (χ1) is 14.2. The fraction of sp³-hybridized carbons (Fsp3) is 0. The lowest BCUT2D eigenvalue weighted by molar-refractivity contribution is 0.262. The predicted molar refractivity (Wildman–Crippen MR) is 112 cm³/mol. The second kappa shape index (κ2) is 8.45. The number of anilines is 2. The van der Waals surface area contributed by atoms with E-state index in [0.29, 0.717) is 33.8 Å². The lowest BCUT2D eigenvalue weighted by Gasteiger charge is -2.09.